The minimum Gasteiger partial charge on any atom is -0.489 e. The van der Waals surface area contributed by atoms with Crippen LogP contribution in [0.25, 0.3) is 0 Å². The molecule has 0 fully saturated rings. The first-order chi connectivity index (χ1) is 9.87. The number of benzene rings is 1. The van der Waals surface area contributed by atoms with Crippen molar-refractivity contribution in [2.75, 3.05) is 6.61 Å². The van der Waals surface area contributed by atoms with Crippen LogP contribution in [0.2, 0.25) is 13.1 Å². The predicted octanol–water partition coefficient (Wildman–Crippen LogP) is 4.60. The Morgan fingerprint density at radius 1 is 1.24 bits per heavy atom. The molecule has 21 heavy (non-hydrogen) atoms. The maximum atomic E-state index is 6.03. The fourth-order valence-corrected chi connectivity index (χ4v) is 6.73. The van der Waals surface area contributed by atoms with Gasteiger partial charge in [-0.25, -0.2) is 0 Å². The van der Waals surface area contributed by atoms with E-state index in [1.54, 1.807) is 5.20 Å². The zero-order valence-electron chi connectivity index (χ0n) is 13.9. The summed E-state index contributed by atoms with van der Waals surface area (Å²) in [5.74, 6) is 1.07. The molecule has 0 unspecified atom stereocenters. The van der Waals surface area contributed by atoms with Crippen molar-refractivity contribution in [3.8, 4) is 5.75 Å². The summed E-state index contributed by atoms with van der Waals surface area (Å²) >= 11 is 0. The van der Waals surface area contributed by atoms with Gasteiger partial charge in [0.1, 0.15) is 20.4 Å². The maximum absolute atomic E-state index is 6.03. The number of aryl methyl sites for hydroxylation is 2. The third kappa shape index (κ3) is 3.05. The Balaban J connectivity index is 2.56. The van der Waals surface area contributed by atoms with E-state index in [1.165, 1.54) is 21.9 Å². The van der Waals surface area contributed by atoms with E-state index in [4.69, 9.17) is 4.74 Å². The normalized spacial score (nSPS) is 14.7. The molecule has 0 aliphatic heterocycles. The lowest BCUT2D eigenvalue weighted by atomic mass is 10.1. The molecule has 1 aliphatic carbocycles. The highest BCUT2D eigenvalue weighted by Gasteiger charge is 2.33. The van der Waals surface area contributed by atoms with Crippen LogP contribution in [0.4, 0.5) is 0 Å². The fraction of sp³-hybridized carbons (Fsp3) is 0.368. The second-order valence-corrected chi connectivity index (χ2v) is 10.8. The van der Waals surface area contributed by atoms with Gasteiger partial charge in [-0.05, 0) is 37.9 Å². The van der Waals surface area contributed by atoms with Crippen LogP contribution in [-0.2, 0) is 0 Å². The van der Waals surface area contributed by atoms with Crippen molar-refractivity contribution in [3.63, 3.8) is 0 Å². The van der Waals surface area contributed by atoms with E-state index in [0.29, 0.717) is 6.61 Å². The number of rotatable bonds is 5. The lowest BCUT2D eigenvalue weighted by Crippen LogP contribution is -2.45. The molecular weight excluding hydrogens is 272 g/mol. The molecule has 1 aliphatic rings. The topological polar surface area (TPSA) is 9.23 Å². The van der Waals surface area contributed by atoms with Gasteiger partial charge in [-0.2, -0.15) is 0 Å². The first-order valence-electron chi connectivity index (χ1n) is 7.60. The van der Waals surface area contributed by atoms with Gasteiger partial charge < -0.3 is 4.74 Å². The maximum Gasteiger partial charge on any atom is 0.122 e. The van der Waals surface area contributed by atoms with E-state index in [1.807, 2.05) is 6.08 Å². The van der Waals surface area contributed by atoms with Crippen molar-refractivity contribution < 1.29 is 4.74 Å². The lowest BCUT2D eigenvalue weighted by molar-refractivity contribution is 0.363. The predicted molar refractivity (Wildman–Crippen MR) is 95.2 cm³/mol. The van der Waals surface area contributed by atoms with Crippen molar-refractivity contribution >= 4 is 13.3 Å². The van der Waals surface area contributed by atoms with Gasteiger partial charge in [0.25, 0.3) is 0 Å². The van der Waals surface area contributed by atoms with E-state index in [0.717, 1.165) is 12.2 Å². The van der Waals surface area contributed by atoms with E-state index >= 15 is 0 Å². The second kappa shape index (κ2) is 6.06. The Morgan fingerprint density at radius 3 is 2.52 bits per heavy atom. The van der Waals surface area contributed by atoms with Crippen LogP contribution in [0.5, 0.6) is 5.75 Å². The van der Waals surface area contributed by atoms with Gasteiger partial charge >= 0.3 is 0 Å². The second-order valence-electron chi connectivity index (χ2n) is 6.45. The largest absolute Gasteiger partial charge is 0.489 e. The molecule has 1 aromatic carbocycles. The van der Waals surface area contributed by atoms with Crippen molar-refractivity contribution in [2.45, 2.75) is 40.3 Å². The van der Waals surface area contributed by atoms with Crippen LogP contribution in [0, 0.1) is 13.8 Å². The molecule has 0 amide bonds. The molecule has 1 aromatic rings. The van der Waals surface area contributed by atoms with E-state index in [-0.39, 0.29) is 0 Å². The zero-order chi connectivity index (χ0) is 15.6. The summed E-state index contributed by atoms with van der Waals surface area (Å²) in [7, 11) is -1.71. The minimum absolute atomic E-state index is 0.567. The molecule has 112 valence electrons. The summed E-state index contributed by atoms with van der Waals surface area (Å²) in [6.45, 7) is 15.8. The van der Waals surface area contributed by atoms with E-state index in [9.17, 15) is 0 Å². The molecule has 0 bridgehead atoms. The summed E-state index contributed by atoms with van der Waals surface area (Å²) < 4.78 is 6.03. The molecule has 0 radical (unpaired) electrons. The van der Waals surface area contributed by atoms with Crippen molar-refractivity contribution in [2.24, 2.45) is 0 Å². The number of hydrogen-bond donors (Lipinski definition) is 0. The van der Waals surface area contributed by atoms with Gasteiger partial charge in [0.2, 0.25) is 0 Å². The summed E-state index contributed by atoms with van der Waals surface area (Å²) in [6.07, 6.45) is 7.46. The highest BCUT2D eigenvalue weighted by Crippen LogP contribution is 2.31. The average Bonchev–Trinajstić information content (AvgIpc) is 2.84. The van der Waals surface area contributed by atoms with Gasteiger partial charge in [0, 0.05) is 0 Å². The van der Waals surface area contributed by atoms with Gasteiger partial charge in [-0.3, -0.25) is 0 Å². The smallest absolute Gasteiger partial charge is 0.122 e. The molecular formula is C19H26OSi. The Hall–Kier alpha value is -1.54. The quantitative estimate of drug-likeness (QED) is 0.570. The Bertz CT molecular complexity index is 621. The molecule has 2 rings (SSSR count). The SMILES string of the molecule is C=CCOc1c(C)cc(C)cc1[Si](C)(C)C1=C(C)C=CC1. The lowest BCUT2D eigenvalue weighted by Gasteiger charge is -2.29. The molecule has 2 heteroatoms. The number of ether oxygens (including phenoxy) is 1. The van der Waals surface area contributed by atoms with Crippen molar-refractivity contribution in [3.05, 3.63) is 58.8 Å². The minimum atomic E-state index is -1.71. The Labute approximate surface area is 130 Å². The highest BCUT2D eigenvalue weighted by molar-refractivity contribution is 6.96. The molecule has 0 heterocycles. The van der Waals surface area contributed by atoms with Crippen molar-refractivity contribution in [1.82, 2.24) is 0 Å². The number of allylic oxidation sites excluding steroid dienone is 4. The molecule has 0 N–H and O–H groups in total. The van der Waals surface area contributed by atoms with Crippen LogP contribution in [0.1, 0.15) is 24.5 Å². The van der Waals surface area contributed by atoms with Gasteiger partial charge in [-0.1, -0.05) is 66.4 Å². The van der Waals surface area contributed by atoms with Crippen molar-refractivity contribution in [1.29, 1.82) is 0 Å². The third-order valence-electron chi connectivity index (χ3n) is 4.36. The van der Waals surface area contributed by atoms with Crippen LogP contribution in [0.15, 0.2) is 47.7 Å². The van der Waals surface area contributed by atoms with Crippen LogP contribution >= 0.6 is 0 Å². The van der Waals surface area contributed by atoms with Crippen LogP contribution in [0.3, 0.4) is 0 Å². The molecule has 0 aromatic heterocycles. The molecule has 0 saturated carbocycles. The molecule has 0 spiro atoms. The summed E-state index contributed by atoms with van der Waals surface area (Å²) in [6, 6.07) is 4.54. The monoisotopic (exact) mass is 298 g/mol. The Kier molecular flexibility index (Phi) is 4.57. The first kappa shape index (κ1) is 15.8. The van der Waals surface area contributed by atoms with E-state index < -0.39 is 8.07 Å². The highest BCUT2D eigenvalue weighted by atomic mass is 28.3. The van der Waals surface area contributed by atoms with Gasteiger partial charge in [0.05, 0.1) is 0 Å². The molecule has 1 nitrogen and oxygen atoms in total. The van der Waals surface area contributed by atoms with Gasteiger partial charge in [0.15, 0.2) is 0 Å². The fourth-order valence-electron chi connectivity index (χ4n) is 3.28. The van der Waals surface area contributed by atoms with Gasteiger partial charge in [-0.15, -0.1) is 0 Å². The summed E-state index contributed by atoms with van der Waals surface area (Å²) in [4.78, 5) is 0. The van der Waals surface area contributed by atoms with Crippen LogP contribution < -0.4 is 9.92 Å². The summed E-state index contributed by atoms with van der Waals surface area (Å²) in [5.41, 5.74) is 4.00. The number of hydrogen-bond acceptors (Lipinski definition) is 1. The standard InChI is InChI=1S/C19H26OSi/c1-7-11-20-19-16(4)12-14(2)13-18(19)21(5,6)17-10-8-9-15(17)3/h7-9,12-13H,1,10-11H2,2-6H3. The average molecular weight is 299 g/mol. The molecule has 0 atom stereocenters. The first-order valence-corrected chi connectivity index (χ1v) is 10.6. The summed E-state index contributed by atoms with van der Waals surface area (Å²) in [5, 5.41) is 3.04. The molecule has 0 saturated heterocycles. The Morgan fingerprint density at radius 2 is 1.95 bits per heavy atom. The zero-order valence-corrected chi connectivity index (χ0v) is 14.9. The third-order valence-corrected chi connectivity index (χ3v) is 8.18. The van der Waals surface area contributed by atoms with E-state index in [2.05, 4.69) is 64.7 Å². The van der Waals surface area contributed by atoms with Crippen LogP contribution in [-0.4, -0.2) is 14.7 Å².